The zero-order valence-corrected chi connectivity index (χ0v) is 14.9. The van der Waals surface area contributed by atoms with E-state index in [0.717, 1.165) is 18.4 Å². The highest BCUT2D eigenvalue weighted by Crippen LogP contribution is 2.20. The van der Waals surface area contributed by atoms with Crippen LogP contribution in [0.1, 0.15) is 29.3 Å². The van der Waals surface area contributed by atoms with Crippen molar-refractivity contribution in [2.75, 3.05) is 32.0 Å². The molecule has 2 N–H and O–H groups in total. The minimum atomic E-state index is -0.0667. The second-order valence-electron chi connectivity index (χ2n) is 6.16. The number of nitrogen functional groups attached to an aromatic ring is 1. The second-order valence-corrected chi connectivity index (χ2v) is 6.16. The van der Waals surface area contributed by atoms with E-state index in [1.807, 2.05) is 24.0 Å². The van der Waals surface area contributed by atoms with Gasteiger partial charge < -0.3 is 20.1 Å². The van der Waals surface area contributed by atoms with E-state index in [9.17, 15) is 4.79 Å². The first kappa shape index (κ1) is 18.1. The van der Waals surface area contributed by atoms with Gasteiger partial charge in [0.25, 0.3) is 5.91 Å². The van der Waals surface area contributed by atoms with Crippen LogP contribution in [0, 0.1) is 0 Å². The summed E-state index contributed by atoms with van der Waals surface area (Å²) in [5, 5.41) is 0. The minimum Gasteiger partial charge on any atom is -0.477 e. The quantitative estimate of drug-likeness (QED) is 0.850. The number of rotatable bonds is 6. The Hall–Kier alpha value is -2.67. The molecule has 7 nitrogen and oxygen atoms in total. The number of carbonyl (C=O) groups is 1. The van der Waals surface area contributed by atoms with Crippen LogP contribution in [0.3, 0.4) is 0 Å². The van der Waals surface area contributed by atoms with Gasteiger partial charge in [-0.15, -0.1) is 0 Å². The van der Waals surface area contributed by atoms with Gasteiger partial charge in [0.05, 0.1) is 19.3 Å². The third kappa shape index (κ3) is 4.49. The van der Waals surface area contributed by atoms with Gasteiger partial charge in [-0.3, -0.25) is 4.79 Å². The third-order valence-electron chi connectivity index (χ3n) is 4.31. The second kappa shape index (κ2) is 8.62. The predicted molar refractivity (Wildman–Crippen MR) is 98.0 cm³/mol. The van der Waals surface area contributed by atoms with Crippen molar-refractivity contribution in [1.29, 1.82) is 0 Å². The number of hydrogen-bond donors (Lipinski definition) is 1. The molecule has 1 atom stereocenters. The summed E-state index contributed by atoms with van der Waals surface area (Å²) in [6.45, 7) is 3.99. The SMILES string of the molecule is CCOc1ncccc1C(=O)N1CCO[C@H](CCc2ccnc(N)c2)C1. The van der Waals surface area contributed by atoms with Crippen LogP contribution in [-0.2, 0) is 11.2 Å². The van der Waals surface area contributed by atoms with Crippen molar-refractivity contribution in [3.05, 3.63) is 47.8 Å². The van der Waals surface area contributed by atoms with Crippen molar-refractivity contribution < 1.29 is 14.3 Å². The van der Waals surface area contributed by atoms with Crippen molar-refractivity contribution in [1.82, 2.24) is 14.9 Å². The summed E-state index contributed by atoms with van der Waals surface area (Å²) < 4.78 is 11.3. The van der Waals surface area contributed by atoms with E-state index in [1.54, 1.807) is 24.5 Å². The lowest BCUT2D eigenvalue weighted by Crippen LogP contribution is -2.45. The highest BCUT2D eigenvalue weighted by Gasteiger charge is 2.27. The van der Waals surface area contributed by atoms with Crippen molar-refractivity contribution in [2.24, 2.45) is 0 Å². The molecule has 0 aliphatic carbocycles. The van der Waals surface area contributed by atoms with Crippen molar-refractivity contribution in [3.8, 4) is 5.88 Å². The molecule has 1 amide bonds. The number of morpholine rings is 1. The van der Waals surface area contributed by atoms with Gasteiger partial charge in [-0.1, -0.05) is 0 Å². The first-order chi connectivity index (χ1) is 12.7. The smallest absolute Gasteiger partial charge is 0.259 e. The largest absolute Gasteiger partial charge is 0.477 e. The van der Waals surface area contributed by atoms with Gasteiger partial charge >= 0.3 is 0 Å². The number of aryl methyl sites for hydroxylation is 1. The number of anilines is 1. The Labute approximate surface area is 153 Å². The molecule has 7 heteroatoms. The molecule has 2 aromatic rings. The van der Waals surface area contributed by atoms with Crippen LogP contribution in [0.15, 0.2) is 36.7 Å². The monoisotopic (exact) mass is 356 g/mol. The molecule has 1 saturated heterocycles. The van der Waals surface area contributed by atoms with E-state index < -0.39 is 0 Å². The van der Waals surface area contributed by atoms with Crippen LogP contribution in [0.4, 0.5) is 5.82 Å². The summed E-state index contributed by atoms with van der Waals surface area (Å²) in [5.74, 6) is 0.835. The molecule has 1 aliphatic rings. The van der Waals surface area contributed by atoms with Gasteiger partial charge in [0.15, 0.2) is 0 Å². The fraction of sp³-hybridized carbons (Fsp3) is 0.421. The van der Waals surface area contributed by atoms with Crippen LogP contribution in [-0.4, -0.2) is 53.2 Å². The fourth-order valence-electron chi connectivity index (χ4n) is 3.03. The minimum absolute atomic E-state index is 0.00527. The molecule has 3 rings (SSSR count). The summed E-state index contributed by atoms with van der Waals surface area (Å²) in [6, 6.07) is 7.33. The molecule has 0 radical (unpaired) electrons. The Morgan fingerprint density at radius 1 is 1.38 bits per heavy atom. The highest BCUT2D eigenvalue weighted by atomic mass is 16.5. The lowest BCUT2D eigenvalue weighted by molar-refractivity contribution is -0.0247. The maximum Gasteiger partial charge on any atom is 0.259 e. The standard InChI is InChI=1S/C19H24N4O3/c1-2-25-18-16(4-3-8-22-18)19(24)23-10-11-26-15(13-23)6-5-14-7-9-21-17(20)12-14/h3-4,7-9,12,15H,2,5-6,10-11,13H2,1H3,(H2,20,21)/t15-/m1/s1. The maximum absolute atomic E-state index is 12.9. The van der Waals surface area contributed by atoms with E-state index in [-0.39, 0.29) is 12.0 Å². The predicted octanol–water partition coefficient (Wildman–Crippen LogP) is 1.93. The molecule has 3 heterocycles. The van der Waals surface area contributed by atoms with Crippen LogP contribution in [0.5, 0.6) is 5.88 Å². The van der Waals surface area contributed by atoms with E-state index >= 15 is 0 Å². The topological polar surface area (TPSA) is 90.6 Å². The maximum atomic E-state index is 12.9. The molecule has 0 unspecified atom stereocenters. The number of amides is 1. The Morgan fingerprint density at radius 3 is 3.08 bits per heavy atom. The summed E-state index contributed by atoms with van der Waals surface area (Å²) in [5.41, 5.74) is 7.34. The fourth-order valence-corrected chi connectivity index (χ4v) is 3.03. The van der Waals surface area contributed by atoms with Crippen LogP contribution < -0.4 is 10.5 Å². The van der Waals surface area contributed by atoms with Crippen molar-refractivity contribution in [3.63, 3.8) is 0 Å². The van der Waals surface area contributed by atoms with Gasteiger partial charge in [0.2, 0.25) is 5.88 Å². The van der Waals surface area contributed by atoms with Crippen LogP contribution in [0.2, 0.25) is 0 Å². The van der Waals surface area contributed by atoms with Gasteiger partial charge in [0.1, 0.15) is 11.4 Å². The normalized spacial score (nSPS) is 17.1. The van der Waals surface area contributed by atoms with E-state index in [1.165, 1.54) is 0 Å². The van der Waals surface area contributed by atoms with Crippen LogP contribution >= 0.6 is 0 Å². The van der Waals surface area contributed by atoms with Gasteiger partial charge in [-0.25, -0.2) is 9.97 Å². The summed E-state index contributed by atoms with van der Waals surface area (Å²) in [6.07, 6.45) is 4.98. The summed E-state index contributed by atoms with van der Waals surface area (Å²) in [7, 11) is 0. The van der Waals surface area contributed by atoms with E-state index in [2.05, 4.69) is 9.97 Å². The molecule has 26 heavy (non-hydrogen) atoms. The number of aromatic nitrogens is 2. The molecular weight excluding hydrogens is 332 g/mol. The molecule has 0 spiro atoms. The number of ether oxygens (including phenoxy) is 2. The molecule has 0 aromatic carbocycles. The number of pyridine rings is 2. The Bertz CT molecular complexity index is 753. The van der Waals surface area contributed by atoms with Gasteiger partial charge in [-0.2, -0.15) is 0 Å². The molecule has 0 bridgehead atoms. The Kier molecular flexibility index (Phi) is 6.01. The molecule has 1 fully saturated rings. The molecule has 1 aliphatic heterocycles. The molecular formula is C19H24N4O3. The summed E-state index contributed by atoms with van der Waals surface area (Å²) in [4.78, 5) is 22.9. The highest BCUT2D eigenvalue weighted by molar-refractivity contribution is 5.96. The van der Waals surface area contributed by atoms with Gasteiger partial charge in [-0.05, 0) is 49.6 Å². The number of carbonyl (C=O) groups excluding carboxylic acids is 1. The summed E-state index contributed by atoms with van der Waals surface area (Å²) >= 11 is 0. The van der Waals surface area contributed by atoms with Crippen LogP contribution in [0.25, 0.3) is 0 Å². The molecule has 138 valence electrons. The molecule has 0 saturated carbocycles. The average Bonchev–Trinajstić information content (AvgIpc) is 2.67. The Balaban J connectivity index is 1.62. The lowest BCUT2D eigenvalue weighted by Gasteiger charge is -2.33. The van der Waals surface area contributed by atoms with E-state index in [0.29, 0.717) is 43.6 Å². The first-order valence-corrected chi connectivity index (χ1v) is 8.86. The zero-order chi connectivity index (χ0) is 18.4. The van der Waals surface area contributed by atoms with Crippen molar-refractivity contribution in [2.45, 2.75) is 25.9 Å². The first-order valence-electron chi connectivity index (χ1n) is 8.86. The zero-order valence-electron chi connectivity index (χ0n) is 14.9. The van der Waals surface area contributed by atoms with Gasteiger partial charge in [0, 0.05) is 25.5 Å². The average molecular weight is 356 g/mol. The lowest BCUT2D eigenvalue weighted by atomic mass is 10.1. The number of hydrogen-bond acceptors (Lipinski definition) is 6. The third-order valence-corrected chi connectivity index (χ3v) is 4.31. The number of nitrogens with zero attached hydrogens (tertiary/aromatic N) is 3. The van der Waals surface area contributed by atoms with Crippen molar-refractivity contribution >= 4 is 11.7 Å². The van der Waals surface area contributed by atoms with E-state index in [4.69, 9.17) is 15.2 Å². The Morgan fingerprint density at radius 2 is 2.27 bits per heavy atom. The number of nitrogens with two attached hydrogens (primary N) is 1. The molecule has 2 aromatic heterocycles.